The Hall–Kier alpha value is -0.0800. The van der Waals surface area contributed by atoms with Gasteiger partial charge in [0.05, 0.1) is 0 Å². The van der Waals surface area contributed by atoms with Crippen LogP contribution in [-0.4, -0.2) is 37.1 Å². The van der Waals surface area contributed by atoms with E-state index in [1.807, 2.05) is 0 Å². The van der Waals surface area contributed by atoms with Gasteiger partial charge in [0.15, 0.2) is 0 Å². The highest BCUT2D eigenvalue weighted by atomic mass is 15.2. The summed E-state index contributed by atoms with van der Waals surface area (Å²) in [5, 5.41) is 3.50. The minimum absolute atomic E-state index is 0.965. The van der Waals surface area contributed by atoms with E-state index in [1.165, 1.54) is 77.5 Å². The summed E-state index contributed by atoms with van der Waals surface area (Å²) in [4.78, 5) is 2.80. The monoisotopic (exact) mass is 238 g/mol. The molecule has 17 heavy (non-hydrogen) atoms. The molecule has 0 bridgehead atoms. The van der Waals surface area contributed by atoms with Crippen molar-refractivity contribution in [3.63, 3.8) is 0 Å². The van der Waals surface area contributed by atoms with E-state index in [0.717, 1.165) is 12.0 Å². The summed E-state index contributed by atoms with van der Waals surface area (Å²) in [6.07, 6.45) is 11.5. The summed E-state index contributed by atoms with van der Waals surface area (Å²) < 4.78 is 0. The van der Waals surface area contributed by atoms with Crippen molar-refractivity contribution in [2.45, 2.75) is 64.3 Å². The van der Waals surface area contributed by atoms with Crippen molar-refractivity contribution >= 4 is 0 Å². The zero-order chi connectivity index (χ0) is 11.9. The minimum Gasteiger partial charge on any atom is -0.317 e. The lowest BCUT2D eigenvalue weighted by atomic mass is 9.85. The summed E-state index contributed by atoms with van der Waals surface area (Å²) in [5.41, 5.74) is 0. The summed E-state index contributed by atoms with van der Waals surface area (Å²) in [6, 6.07) is 0.965. The van der Waals surface area contributed by atoms with Crippen LogP contribution in [0.15, 0.2) is 0 Å². The molecule has 2 fully saturated rings. The predicted molar refractivity (Wildman–Crippen MR) is 74.3 cm³/mol. The normalized spacial score (nSPS) is 29.5. The number of hydrogen-bond acceptors (Lipinski definition) is 2. The van der Waals surface area contributed by atoms with E-state index in [9.17, 15) is 0 Å². The van der Waals surface area contributed by atoms with Crippen molar-refractivity contribution in [3.8, 4) is 0 Å². The first-order valence-corrected chi connectivity index (χ1v) is 7.86. The Morgan fingerprint density at radius 3 is 2.82 bits per heavy atom. The lowest BCUT2D eigenvalue weighted by molar-refractivity contribution is 0.180. The Bertz CT molecular complexity index is 205. The Morgan fingerprint density at radius 1 is 1.06 bits per heavy atom. The SMILES string of the molecule is CCCNCCCCN1CCC2CCCCC21. The minimum atomic E-state index is 0.965. The van der Waals surface area contributed by atoms with Gasteiger partial charge in [-0.1, -0.05) is 19.8 Å². The molecule has 1 saturated heterocycles. The van der Waals surface area contributed by atoms with Crippen molar-refractivity contribution < 1.29 is 0 Å². The summed E-state index contributed by atoms with van der Waals surface area (Å²) in [5.74, 6) is 1.06. The molecule has 1 N–H and O–H groups in total. The molecular formula is C15H30N2. The predicted octanol–water partition coefficient (Wildman–Crippen LogP) is 3.03. The molecule has 2 atom stereocenters. The number of unbranched alkanes of at least 4 members (excludes halogenated alkanes) is 1. The van der Waals surface area contributed by atoms with Crippen LogP contribution >= 0.6 is 0 Å². The van der Waals surface area contributed by atoms with Gasteiger partial charge in [-0.05, 0) is 70.6 Å². The summed E-state index contributed by atoms with van der Waals surface area (Å²) in [7, 11) is 0. The van der Waals surface area contributed by atoms with Gasteiger partial charge in [-0.2, -0.15) is 0 Å². The lowest BCUT2D eigenvalue weighted by Gasteiger charge is -2.31. The van der Waals surface area contributed by atoms with Crippen molar-refractivity contribution in [2.75, 3.05) is 26.2 Å². The third-order valence-corrected chi connectivity index (χ3v) is 4.60. The van der Waals surface area contributed by atoms with Crippen LogP contribution in [0, 0.1) is 5.92 Å². The second-order valence-corrected chi connectivity index (χ2v) is 5.89. The van der Waals surface area contributed by atoms with Crippen molar-refractivity contribution in [2.24, 2.45) is 5.92 Å². The quantitative estimate of drug-likeness (QED) is 0.686. The van der Waals surface area contributed by atoms with E-state index < -0.39 is 0 Å². The highest BCUT2D eigenvalue weighted by Crippen LogP contribution is 2.35. The molecule has 0 aromatic carbocycles. The fourth-order valence-electron chi connectivity index (χ4n) is 3.65. The molecule has 0 radical (unpaired) electrons. The molecule has 0 aromatic heterocycles. The summed E-state index contributed by atoms with van der Waals surface area (Å²) in [6.45, 7) is 7.39. The van der Waals surface area contributed by atoms with E-state index in [1.54, 1.807) is 0 Å². The maximum absolute atomic E-state index is 3.50. The van der Waals surface area contributed by atoms with Crippen LogP contribution in [0.5, 0.6) is 0 Å². The van der Waals surface area contributed by atoms with Crippen LogP contribution < -0.4 is 5.32 Å². The molecule has 2 rings (SSSR count). The Balaban J connectivity index is 1.56. The highest BCUT2D eigenvalue weighted by molar-refractivity contribution is 4.89. The number of rotatable bonds is 7. The molecule has 0 aromatic rings. The van der Waals surface area contributed by atoms with Gasteiger partial charge < -0.3 is 10.2 Å². The van der Waals surface area contributed by atoms with Crippen LogP contribution in [-0.2, 0) is 0 Å². The van der Waals surface area contributed by atoms with E-state index in [4.69, 9.17) is 0 Å². The zero-order valence-electron chi connectivity index (χ0n) is 11.6. The maximum Gasteiger partial charge on any atom is 0.0124 e. The molecular weight excluding hydrogens is 208 g/mol. The average molecular weight is 238 g/mol. The van der Waals surface area contributed by atoms with Gasteiger partial charge >= 0.3 is 0 Å². The van der Waals surface area contributed by atoms with E-state index in [0.29, 0.717) is 0 Å². The number of hydrogen-bond donors (Lipinski definition) is 1. The first-order valence-electron chi connectivity index (χ1n) is 7.86. The van der Waals surface area contributed by atoms with Crippen LogP contribution in [0.3, 0.4) is 0 Å². The highest BCUT2D eigenvalue weighted by Gasteiger charge is 2.34. The van der Waals surface area contributed by atoms with Crippen molar-refractivity contribution in [1.29, 1.82) is 0 Å². The molecule has 1 heterocycles. The molecule has 0 amide bonds. The van der Waals surface area contributed by atoms with E-state index >= 15 is 0 Å². The number of nitrogens with zero attached hydrogens (tertiary/aromatic N) is 1. The Labute approximate surface area is 107 Å². The molecule has 1 aliphatic carbocycles. The molecule has 2 unspecified atom stereocenters. The van der Waals surface area contributed by atoms with Gasteiger partial charge in [0.2, 0.25) is 0 Å². The molecule has 0 spiro atoms. The lowest BCUT2D eigenvalue weighted by Crippen LogP contribution is -2.35. The van der Waals surface area contributed by atoms with Gasteiger partial charge in [-0.25, -0.2) is 0 Å². The van der Waals surface area contributed by atoms with Gasteiger partial charge in [0.25, 0.3) is 0 Å². The van der Waals surface area contributed by atoms with Crippen LogP contribution in [0.4, 0.5) is 0 Å². The average Bonchev–Trinajstić information content (AvgIpc) is 2.77. The standard InChI is InChI=1S/C15H30N2/c1-2-10-16-11-5-6-12-17-13-9-14-7-3-4-8-15(14)17/h14-16H,2-13H2,1H3. The van der Waals surface area contributed by atoms with Gasteiger partial charge in [0.1, 0.15) is 0 Å². The van der Waals surface area contributed by atoms with Crippen LogP contribution in [0.25, 0.3) is 0 Å². The number of fused-ring (bicyclic) bond motifs is 1. The van der Waals surface area contributed by atoms with Crippen LogP contribution in [0.2, 0.25) is 0 Å². The van der Waals surface area contributed by atoms with Crippen LogP contribution in [0.1, 0.15) is 58.3 Å². The first kappa shape index (κ1) is 13.4. The second-order valence-electron chi connectivity index (χ2n) is 5.89. The summed E-state index contributed by atoms with van der Waals surface area (Å²) >= 11 is 0. The van der Waals surface area contributed by atoms with E-state index in [-0.39, 0.29) is 0 Å². The van der Waals surface area contributed by atoms with E-state index in [2.05, 4.69) is 17.1 Å². The van der Waals surface area contributed by atoms with Crippen molar-refractivity contribution in [3.05, 3.63) is 0 Å². The van der Waals surface area contributed by atoms with Crippen molar-refractivity contribution in [1.82, 2.24) is 10.2 Å². The third kappa shape index (κ3) is 3.96. The fourth-order valence-corrected chi connectivity index (χ4v) is 3.65. The Morgan fingerprint density at radius 2 is 1.94 bits per heavy atom. The third-order valence-electron chi connectivity index (χ3n) is 4.60. The molecule has 100 valence electrons. The van der Waals surface area contributed by atoms with Gasteiger partial charge in [-0.15, -0.1) is 0 Å². The first-order chi connectivity index (χ1) is 8.42. The van der Waals surface area contributed by atoms with Gasteiger partial charge in [-0.3, -0.25) is 0 Å². The molecule has 2 aliphatic rings. The molecule has 2 nitrogen and oxygen atoms in total. The van der Waals surface area contributed by atoms with Gasteiger partial charge in [0, 0.05) is 6.04 Å². The topological polar surface area (TPSA) is 15.3 Å². The zero-order valence-corrected chi connectivity index (χ0v) is 11.6. The Kier molecular flexibility index (Phi) is 5.79. The number of nitrogens with one attached hydrogen (secondary N) is 1. The number of likely N-dealkylation sites (tertiary alicyclic amines) is 1. The molecule has 1 saturated carbocycles. The maximum atomic E-state index is 3.50. The largest absolute Gasteiger partial charge is 0.317 e. The second kappa shape index (κ2) is 7.38. The molecule has 1 aliphatic heterocycles. The smallest absolute Gasteiger partial charge is 0.0124 e. The molecule has 2 heteroatoms. The fraction of sp³-hybridized carbons (Fsp3) is 1.00.